The first-order valence-electron chi connectivity index (χ1n) is 6.64. The van der Waals surface area contributed by atoms with E-state index in [1.165, 1.54) is 0 Å². The van der Waals surface area contributed by atoms with E-state index >= 15 is 0 Å². The van der Waals surface area contributed by atoms with Gasteiger partial charge < -0.3 is 8.98 Å². The maximum absolute atomic E-state index is 9.17. The highest BCUT2D eigenvalue weighted by molar-refractivity contribution is 6.16. The Balaban J connectivity index is 2.10. The van der Waals surface area contributed by atoms with Crippen LogP contribution in [0.4, 0.5) is 0 Å². The van der Waals surface area contributed by atoms with E-state index in [1.807, 2.05) is 23.6 Å². The minimum Gasteiger partial charge on any atom is -0.444 e. The predicted octanol–water partition coefficient (Wildman–Crippen LogP) is 3.25. The van der Waals surface area contributed by atoms with Crippen LogP contribution in [-0.4, -0.2) is 14.5 Å². The van der Waals surface area contributed by atoms with Crippen LogP contribution in [0.2, 0.25) is 0 Å². The van der Waals surface area contributed by atoms with E-state index in [1.54, 1.807) is 12.3 Å². The van der Waals surface area contributed by atoms with E-state index in [2.05, 4.69) is 16.0 Å². The van der Waals surface area contributed by atoms with Crippen LogP contribution in [-0.2, 0) is 18.8 Å². The lowest BCUT2D eigenvalue weighted by Crippen LogP contribution is -2.04. The van der Waals surface area contributed by atoms with Crippen LogP contribution in [0.25, 0.3) is 11.0 Å². The quantitative estimate of drug-likeness (QED) is 0.694. The number of oxazole rings is 1. The second kappa shape index (κ2) is 5.58. The second-order valence-corrected chi connectivity index (χ2v) is 4.87. The van der Waals surface area contributed by atoms with Gasteiger partial charge in [-0.3, -0.25) is 0 Å². The average molecular weight is 301 g/mol. The lowest BCUT2D eigenvalue weighted by atomic mass is 10.2. The normalized spacial score (nSPS) is 10.9. The van der Waals surface area contributed by atoms with Crippen LogP contribution < -0.4 is 0 Å². The molecule has 0 bridgehead atoms. The number of aromatic nitrogens is 3. The molecule has 0 fully saturated rings. The number of imidazole rings is 1. The molecule has 0 unspecified atom stereocenters. The maximum Gasteiger partial charge on any atom is 0.214 e. The van der Waals surface area contributed by atoms with Crippen molar-refractivity contribution in [2.45, 2.75) is 25.8 Å². The molecule has 0 aliphatic heterocycles. The van der Waals surface area contributed by atoms with E-state index in [9.17, 15) is 5.26 Å². The molecule has 0 saturated heterocycles. The first-order valence-corrected chi connectivity index (χ1v) is 7.18. The Bertz CT molecular complexity index is 828. The van der Waals surface area contributed by atoms with Gasteiger partial charge in [-0.25, -0.2) is 9.97 Å². The van der Waals surface area contributed by atoms with Crippen molar-refractivity contribution in [1.29, 1.82) is 5.26 Å². The van der Waals surface area contributed by atoms with Crippen molar-refractivity contribution in [2.24, 2.45) is 0 Å². The molecular weight excluding hydrogens is 288 g/mol. The summed E-state index contributed by atoms with van der Waals surface area (Å²) in [5.74, 6) is 2.42. The smallest absolute Gasteiger partial charge is 0.214 e. The lowest BCUT2D eigenvalue weighted by molar-refractivity contribution is 0.446. The largest absolute Gasteiger partial charge is 0.444 e. The molecule has 2 heterocycles. The maximum atomic E-state index is 9.17. The van der Waals surface area contributed by atoms with Crippen molar-refractivity contribution in [3.05, 3.63) is 47.4 Å². The summed E-state index contributed by atoms with van der Waals surface area (Å²) < 4.78 is 7.58. The number of nitrogens with zero attached hydrogens (tertiary/aromatic N) is 4. The third-order valence-electron chi connectivity index (χ3n) is 3.34. The van der Waals surface area contributed by atoms with Crippen LogP contribution in [0.15, 0.2) is 28.8 Å². The Morgan fingerprint density at radius 3 is 2.95 bits per heavy atom. The van der Waals surface area contributed by atoms with Gasteiger partial charge in [-0.05, 0) is 12.1 Å². The summed E-state index contributed by atoms with van der Waals surface area (Å²) >= 11 is 5.98. The standard InChI is InChI=1S/C15H13ClN4O/c1-2-11-8-18-14(21-11)9-20-12-5-3-4-10(7-17)15(12)19-13(20)6-16/h3-5,8H,2,6,9H2,1H3. The Kier molecular flexibility index (Phi) is 3.63. The monoisotopic (exact) mass is 300 g/mol. The fourth-order valence-electron chi connectivity index (χ4n) is 2.28. The molecular formula is C15H13ClN4O. The van der Waals surface area contributed by atoms with Gasteiger partial charge in [0.15, 0.2) is 0 Å². The molecule has 21 heavy (non-hydrogen) atoms. The Hall–Kier alpha value is -2.32. The summed E-state index contributed by atoms with van der Waals surface area (Å²) in [4.78, 5) is 8.73. The molecule has 0 spiro atoms. The molecule has 0 radical (unpaired) electrons. The Morgan fingerprint density at radius 1 is 1.43 bits per heavy atom. The third-order valence-corrected chi connectivity index (χ3v) is 3.58. The van der Waals surface area contributed by atoms with Crippen LogP contribution in [0.1, 0.15) is 30.0 Å². The summed E-state index contributed by atoms with van der Waals surface area (Å²) in [6, 6.07) is 7.66. The molecule has 0 aliphatic carbocycles. The predicted molar refractivity (Wildman–Crippen MR) is 79.0 cm³/mol. The zero-order valence-electron chi connectivity index (χ0n) is 11.5. The lowest BCUT2D eigenvalue weighted by Gasteiger charge is -2.04. The van der Waals surface area contributed by atoms with E-state index in [4.69, 9.17) is 16.0 Å². The summed E-state index contributed by atoms with van der Waals surface area (Å²) in [6.07, 6.45) is 2.54. The van der Waals surface area contributed by atoms with Gasteiger partial charge in [-0.2, -0.15) is 5.26 Å². The minimum absolute atomic E-state index is 0.265. The average Bonchev–Trinajstić information content (AvgIpc) is 3.12. The van der Waals surface area contributed by atoms with Crippen LogP contribution in [0, 0.1) is 11.3 Å². The fourth-order valence-corrected chi connectivity index (χ4v) is 2.49. The van der Waals surface area contributed by atoms with Crippen LogP contribution >= 0.6 is 11.6 Å². The molecule has 1 aromatic carbocycles. The number of hydrogen-bond donors (Lipinski definition) is 0. The van der Waals surface area contributed by atoms with Gasteiger partial charge in [-0.15, -0.1) is 11.6 Å². The molecule has 0 atom stereocenters. The Morgan fingerprint density at radius 2 is 2.29 bits per heavy atom. The van der Waals surface area contributed by atoms with Crippen molar-refractivity contribution in [3.63, 3.8) is 0 Å². The first kappa shape index (κ1) is 13.7. The van der Waals surface area contributed by atoms with Crippen molar-refractivity contribution >= 4 is 22.6 Å². The molecule has 2 aromatic heterocycles. The van der Waals surface area contributed by atoms with E-state index in [0.29, 0.717) is 29.3 Å². The Labute approximate surface area is 126 Å². The highest BCUT2D eigenvalue weighted by Crippen LogP contribution is 2.22. The van der Waals surface area contributed by atoms with Crippen molar-refractivity contribution in [2.75, 3.05) is 0 Å². The van der Waals surface area contributed by atoms with Gasteiger partial charge in [-0.1, -0.05) is 13.0 Å². The van der Waals surface area contributed by atoms with Gasteiger partial charge in [0.25, 0.3) is 0 Å². The summed E-state index contributed by atoms with van der Waals surface area (Å²) in [5, 5.41) is 9.17. The number of hydrogen-bond acceptors (Lipinski definition) is 4. The van der Waals surface area contributed by atoms with Crippen LogP contribution in [0.3, 0.4) is 0 Å². The van der Waals surface area contributed by atoms with E-state index in [0.717, 1.165) is 17.7 Å². The van der Waals surface area contributed by atoms with Crippen molar-refractivity contribution in [1.82, 2.24) is 14.5 Å². The summed E-state index contributed by atoms with van der Waals surface area (Å²) in [6.45, 7) is 2.47. The van der Waals surface area contributed by atoms with E-state index in [-0.39, 0.29) is 5.88 Å². The van der Waals surface area contributed by atoms with Gasteiger partial charge in [0, 0.05) is 6.42 Å². The number of benzene rings is 1. The van der Waals surface area contributed by atoms with Gasteiger partial charge in [0.1, 0.15) is 29.7 Å². The van der Waals surface area contributed by atoms with Crippen molar-refractivity contribution in [3.8, 4) is 6.07 Å². The highest BCUT2D eigenvalue weighted by atomic mass is 35.5. The molecule has 0 aliphatic rings. The molecule has 0 N–H and O–H groups in total. The molecule has 5 nitrogen and oxygen atoms in total. The molecule has 3 rings (SSSR count). The second-order valence-electron chi connectivity index (χ2n) is 4.61. The number of para-hydroxylation sites is 1. The number of rotatable bonds is 4. The number of nitriles is 1. The highest BCUT2D eigenvalue weighted by Gasteiger charge is 2.15. The molecule has 6 heteroatoms. The zero-order valence-corrected chi connectivity index (χ0v) is 12.3. The zero-order chi connectivity index (χ0) is 14.8. The topological polar surface area (TPSA) is 67.6 Å². The molecule has 3 aromatic rings. The molecule has 0 amide bonds. The minimum atomic E-state index is 0.265. The fraction of sp³-hybridized carbons (Fsp3) is 0.267. The SMILES string of the molecule is CCc1cnc(Cn2c(CCl)nc3c(C#N)cccc32)o1. The molecule has 0 saturated carbocycles. The van der Waals surface area contributed by atoms with Crippen molar-refractivity contribution < 1.29 is 4.42 Å². The molecule has 106 valence electrons. The number of alkyl halides is 1. The summed E-state index contributed by atoms with van der Waals surface area (Å²) in [7, 11) is 0. The van der Waals surface area contributed by atoms with Crippen LogP contribution in [0.5, 0.6) is 0 Å². The summed E-state index contributed by atoms with van der Waals surface area (Å²) in [5.41, 5.74) is 2.07. The van der Waals surface area contributed by atoms with E-state index < -0.39 is 0 Å². The number of aryl methyl sites for hydroxylation is 1. The third kappa shape index (κ3) is 2.39. The van der Waals surface area contributed by atoms with Gasteiger partial charge in [0.05, 0.1) is 23.2 Å². The van der Waals surface area contributed by atoms with Gasteiger partial charge >= 0.3 is 0 Å². The van der Waals surface area contributed by atoms with Gasteiger partial charge in [0.2, 0.25) is 5.89 Å². The number of fused-ring (bicyclic) bond motifs is 1. The first-order chi connectivity index (χ1) is 10.3. The number of halogens is 1.